The number of aliphatic imine (C=N–C) groups is 1. The van der Waals surface area contributed by atoms with Crippen molar-refractivity contribution in [2.45, 2.75) is 12.2 Å². The van der Waals surface area contributed by atoms with E-state index in [2.05, 4.69) is 17.2 Å². The maximum atomic E-state index is 6.03. The second kappa shape index (κ2) is 4.64. The van der Waals surface area contributed by atoms with Gasteiger partial charge >= 0.3 is 0 Å². The Labute approximate surface area is 103 Å². The number of nitrogens with zero attached hydrogens (tertiary/aromatic N) is 1. The van der Waals surface area contributed by atoms with Crippen LogP contribution in [0.1, 0.15) is 6.92 Å². The van der Waals surface area contributed by atoms with Gasteiger partial charge in [0.2, 0.25) is 0 Å². The summed E-state index contributed by atoms with van der Waals surface area (Å²) in [5.41, 5.74) is 0.737. The summed E-state index contributed by atoms with van der Waals surface area (Å²) in [6, 6.07) is 5.43. The first-order chi connectivity index (χ1) is 7.16. The van der Waals surface area contributed by atoms with Crippen LogP contribution in [0.15, 0.2) is 23.2 Å². The fourth-order valence-electron chi connectivity index (χ4n) is 1.27. The summed E-state index contributed by atoms with van der Waals surface area (Å²) in [5.74, 6) is 0. The van der Waals surface area contributed by atoms with Crippen molar-refractivity contribution in [3.63, 3.8) is 0 Å². The van der Waals surface area contributed by atoms with Crippen LogP contribution >= 0.6 is 35.0 Å². The molecule has 0 spiro atoms. The fraction of sp³-hybridized carbons (Fsp3) is 0.300. The molecular weight excluding hydrogens is 251 g/mol. The molecule has 0 saturated heterocycles. The monoisotopic (exact) mass is 260 g/mol. The van der Waals surface area contributed by atoms with Crippen LogP contribution < -0.4 is 5.32 Å². The molecule has 2 nitrogen and oxygen atoms in total. The second-order valence-corrected chi connectivity index (χ2v) is 5.54. The molecule has 1 N–H and O–H groups in total. The Morgan fingerprint density at radius 1 is 1.40 bits per heavy atom. The summed E-state index contributed by atoms with van der Waals surface area (Å²) < 4.78 is 0. The van der Waals surface area contributed by atoms with Gasteiger partial charge in [-0.25, -0.2) is 0 Å². The van der Waals surface area contributed by atoms with E-state index < -0.39 is 0 Å². The number of anilines is 1. The second-order valence-electron chi connectivity index (χ2n) is 3.30. The molecule has 15 heavy (non-hydrogen) atoms. The van der Waals surface area contributed by atoms with Crippen molar-refractivity contribution in [1.29, 1.82) is 0 Å². The van der Waals surface area contributed by atoms with Crippen molar-refractivity contribution < 1.29 is 0 Å². The molecule has 1 aromatic rings. The first-order valence-electron chi connectivity index (χ1n) is 4.59. The summed E-state index contributed by atoms with van der Waals surface area (Å²) in [7, 11) is 0. The average molecular weight is 261 g/mol. The molecule has 0 aliphatic carbocycles. The molecule has 1 aliphatic rings. The van der Waals surface area contributed by atoms with Crippen LogP contribution in [-0.4, -0.2) is 17.0 Å². The van der Waals surface area contributed by atoms with Crippen LogP contribution in [0, 0.1) is 0 Å². The zero-order chi connectivity index (χ0) is 10.8. The summed E-state index contributed by atoms with van der Waals surface area (Å²) >= 11 is 13.8. The Kier molecular flexibility index (Phi) is 3.44. The van der Waals surface area contributed by atoms with E-state index in [4.69, 9.17) is 23.2 Å². The lowest BCUT2D eigenvalue weighted by Crippen LogP contribution is -2.06. The van der Waals surface area contributed by atoms with E-state index in [0.717, 1.165) is 17.4 Å². The van der Waals surface area contributed by atoms with E-state index in [9.17, 15) is 0 Å². The molecule has 0 amide bonds. The maximum absolute atomic E-state index is 6.03. The van der Waals surface area contributed by atoms with Crippen molar-refractivity contribution in [3.05, 3.63) is 28.2 Å². The van der Waals surface area contributed by atoms with Crippen LogP contribution in [-0.2, 0) is 0 Å². The van der Waals surface area contributed by atoms with Crippen molar-refractivity contribution in [1.82, 2.24) is 0 Å². The van der Waals surface area contributed by atoms with Crippen molar-refractivity contribution in [3.8, 4) is 0 Å². The van der Waals surface area contributed by atoms with Gasteiger partial charge < -0.3 is 5.32 Å². The number of para-hydroxylation sites is 1. The van der Waals surface area contributed by atoms with Gasteiger partial charge in [0.15, 0.2) is 5.17 Å². The minimum Gasteiger partial charge on any atom is -0.333 e. The number of halogens is 2. The largest absolute Gasteiger partial charge is 0.333 e. The maximum Gasteiger partial charge on any atom is 0.161 e. The van der Waals surface area contributed by atoms with Gasteiger partial charge in [0.25, 0.3) is 0 Å². The summed E-state index contributed by atoms with van der Waals surface area (Å²) in [5, 5.41) is 5.80. The molecule has 0 saturated carbocycles. The first kappa shape index (κ1) is 11.1. The van der Waals surface area contributed by atoms with Gasteiger partial charge in [-0.15, -0.1) is 0 Å². The fourth-order valence-corrected chi connectivity index (χ4v) is 2.60. The van der Waals surface area contributed by atoms with Crippen LogP contribution in [0.5, 0.6) is 0 Å². The Hall–Kier alpha value is -0.380. The molecule has 1 aliphatic heterocycles. The SMILES string of the molecule is CC1CN=C(Nc2c(Cl)cccc2Cl)S1. The molecule has 1 aromatic carbocycles. The van der Waals surface area contributed by atoms with E-state index in [1.165, 1.54) is 0 Å². The number of hydrogen-bond donors (Lipinski definition) is 1. The van der Waals surface area contributed by atoms with E-state index in [1.54, 1.807) is 23.9 Å². The number of nitrogens with one attached hydrogen (secondary N) is 1. The van der Waals surface area contributed by atoms with E-state index in [0.29, 0.717) is 15.3 Å². The number of amidine groups is 1. The van der Waals surface area contributed by atoms with Crippen molar-refractivity contribution in [2.75, 3.05) is 11.9 Å². The minimum absolute atomic E-state index is 0.522. The number of benzene rings is 1. The predicted molar refractivity (Wildman–Crippen MR) is 69.4 cm³/mol. The quantitative estimate of drug-likeness (QED) is 0.829. The number of hydrogen-bond acceptors (Lipinski definition) is 3. The smallest absolute Gasteiger partial charge is 0.161 e. The van der Waals surface area contributed by atoms with E-state index in [1.807, 2.05) is 6.07 Å². The predicted octanol–water partition coefficient (Wildman–Crippen LogP) is 3.90. The van der Waals surface area contributed by atoms with E-state index in [-0.39, 0.29) is 0 Å². The highest BCUT2D eigenvalue weighted by molar-refractivity contribution is 8.15. The lowest BCUT2D eigenvalue weighted by molar-refractivity contribution is 0.976. The molecule has 0 bridgehead atoms. The Morgan fingerprint density at radius 2 is 2.07 bits per heavy atom. The molecule has 0 aromatic heterocycles. The molecular formula is C10H10Cl2N2S. The highest BCUT2D eigenvalue weighted by atomic mass is 35.5. The van der Waals surface area contributed by atoms with Crippen LogP contribution in [0.25, 0.3) is 0 Å². The highest BCUT2D eigenvalue weighted by Crippen LogP contribution is 2.32. The molecule has 1 heterocycles. The van der Waals surface area contributed by atoms with Gasteiger partial charge in [0, 0.05) is 5.25 Å². The van der Waals surface area contributed by atoms with Gasteiger partial charge in [-0.05, 0) is 12.1 Å². The van der Waals surface area contributed by atoms with Gasteiger partial charge in [-0.2, -0.15) is 0 Å². The summed E-state index contributed by atoms with van der Waals surface area (Å²) in [4.78, 5) is 4.35. The van der Waals surface area contributed by atoms with Gasteiger partial charge in [0.05, 0.1) is 22.3 Å². The van der Waals surface area contributed by atoms with Crippen molar-refractivity contribution in [2.24, 2.45) is 4.99 Å². The van der Waals surface area contributed by atoms with Crippen LogP contribution in [0.4, 0.5) is 5.69 Å². The van der Waals surface area contributed by atoms with Crippen LogP contribution in [0.3, 0.4) is 0 Å². The van der Waals surface area contributed by atoms with Gasteiger partial charge in [-0.3, -0.25) is 4.99 Å². The zero-order valence-electron chi connectivity index (χ0n) is 8.13. The topological polar surface area (TPSA) is 24.4 Å². The van der Waals surface area contributed by atoms with Gasteiger partial charge in [-0.1, -0.05) is 48.0 Å². The van der Waals surface area contributed by atoms with Crippen molar-refractivity contribution >= 4 is 45.8 Å². The number of rotatable bonds is 1. The molecule has 0 radical (unpaired) electrons. The molecule has 80 valence electrons. The molecule has 5 heteroatoms. The normalized spacial score (nSPS) is 20.2. The molecule has 2 rings (SSSR count). The minimum atomic E-state index is 0.522. The third-order valence-electron chi connectivity index (χ3n) is 2.00. The van der Waals surface area contributed by atoms with E-state index >= 15 is 0 Å². The lowest BCUT2D eigenvalue weighted by Gasteiger charge is -2.09. The molecule has 1 atom stereocenters. The number of thioether (sulfide) groups is 1. The zero-order valence-corrected chi connectivity index (χ0v) is 10.5. The summed E-state index contributed by atoms with van der Waals surface area (Å²) in [6.07, 6.45) is 0. The third kappa shape index (κ3) is 2.60. The summed E-state index contributed by atoms with van der Waals surface area (Å²) in [6.45, 7) is 2.98. The first-order valence-corrected chi connectivity index (χ1v) is 6.22. The molecule has 0 fully saturated rings. The van der Waals surface area contributed by atoms with Crippen LogP contribution in [0.2, 0.25) is 10.0 Å². The molecule has 1 unspecified atom stereocenters. The van der Waals surface area contributed by atoms with Gasteiger partial charge in [0.1, 0.15) is 0 Å². The lowest BCUT2D eigenvalue weighted by atomic mass is 10.3. The highest BCUT2D eigenvalue weighted by Gasteiger charge is 2.16. The average Bonchev–Trinajstić information content (AvgIpc) is 2.58. The Balaban J connectivity index is 2.18. The Bertz CT molecular complexity index is 386. The third-order valence-corrected chi connectivity index (χ3v) is 3.64. The standard InChI is InChI=1S/C10H10Cl2N2S/c1-6-5-13-10(15-6)14-9-7(11)3-2-4-8(9)12/h2-4,6H,5H2,1H3,(H,13,14). The Morgan fingerprint density at radius 3 is 2.60 bits per heavy atom.